The van der Waals surface area contributed by atoms with Gasteiger partial charge in [0.15, 0.2) is 0 Å². The summed E-state index contributed by atoms with van der Waals surface area (Å²) in [5, 5.41) is 9.89. The van der Waals surface area contributed by atoms with Gasteiger partial charge < -0.3 is 57.2 Å². The van der Waals surface area contributed by atoms with Gasteiger partial charge in [0.2, 0.25) is 0 Å². The number of hydrogen-bond acceptors (Lipinski definition) is 13. The molecule has 0 fully saturated rings. The lowest BCUT2D eigenvalue weighted by molar-refractivity contribution is -0.159. The lowest BCUT2D eigenvalue weighted by Gasteiger charge is -2.27. The second-order valence-electron chi connectivity index (χ2n) is 14.6. The first kappa shape index (κ1) is 55.8. The number of carboxylic acids is 1. The second kappa shape index (κ2) is 43.4. The van der Waals surface area contributed by atoms with Gasteiger partial charge in [0, 0.05) is 6.61 Å². The Hall–Kier alpha value is -2.24. The molecule has 0 heterocycles. The van der Waals surface area contributed by atoms with Crippen molar-refractivity contribution < 1.29 is 66.8 Å². The molecule has 1 rings (SSSR count). The highest BCUT2D eigenvalue weighted by Gasteiger charge is 2.37. The van der Waals surface area contributed by atoms with Crippen molar-refractivity contribution in [3.63, 3.8) is 0 Å². The first-order valence-corrected chi connectivity index (χ1v) is 22.7. The van der Waals surface area contributed by atoms with Crippen LogP contribution in [0.5, 0.6) is 0 Å². The van der Waals surface area contributed by atoms with E-state index < -0.39 is 23.8 Å². The number of unbranched alkanes of at least 4 members (excludes halogenated alkanes) is 9. The van der Waals surface area contributed by atoms with Crippen LogP contribution in [0.1, 0.15) is 103 Å². The van der Waals surface area contributed by atoms with Crippen LogP contribution in [0.15, 0.2) is 30.3 Å². The molecule has 1 aromatic carbocycles. The van der Waals surface area contributed by atoms with E-state index in [0.717, 1.165) is 18.6 Å². The number of benzene rings is 1. The highest BCUT2D eigenvalue weighted by atomic mass is 16.6. The molecule has 60 heavy (non-hydrogen) atoms. The second-order valence-corrected chi connectivity index (χ2v) is 14.6. The molecule has 0 amide bonds. The number of carboxylic acid groups (broad SMARTS) is 1. The van der Waals surface area contributed by atoms with E-state index in [1.807, 2.05) is 37.3 Å². The van der Waals surface area contributed by atoms with Gasteiger partial charge in [-0.25, -0.2) is 0 Å². The van der Waals surface area contributed by atoms with Crippen LogP contribution in [0.2, 0.25) is 0 Å². The normalized spacial score (nSPS) is 13.1. The number of hydrogen-bond donors (Lipinski definition) is 1. The first-order valence-electron chi connectivity index (χ1n) is 22.7. The van der Waals surface area contributed by atoms with Gasteiger partial charge in [0.05, 0.1) is 137 Å². The van der Waals surface area contributed by atoms with Gasteiger partial charge in [-0.3, -0.25) is 9.59 Å². The highest BCUT2D eigenvalue weighted by Crippen LogP contribution is 2.34. The Balaban J connectivity index is 1.75. The van der Waals surface area contributed by atoms with Gasteiger partial charge in [0.1, 0.15) is 6.61 Å². The maximum absolute atomic E-state index is 12.6. The van der Waals surface area contributed by atoms with Crippen LogP contribution < -0.4 is 0 Å². The van der Waals surface area contributed by atoms with E-state index in [2.05, 4.69) is 6.92 Å². The number of aliphatic carboxylic acids is 1. The van der Waals surface area contributed by atoms with Gasteiger partial charge in [-0.05, 0) is 24.3 Å². The summed E-state index contributed by atoms with van der Waals surface area (Å²) >= 11 is 0. The Morgan fingerprint density at radius 1 is 0.450 bits per heavy atom. The zero-order valence-electron chi connectivity index (χ0n) is 37.5. The van der Waals surface area contributed by atoms with E-state index in [1.165, 1.54) is 57.8 Å². The van der Waals surface area contributed by atoms with Crippen molar-refractivity contribution in [3.8, 4) is 0 Å². The van der Waals surface area contributed by atoms with Gasteiger partial charge >= 0.3 is 11.9 Å². The van der Waals surface area contributed by atoms with Gasteiger partial charge in [0.25, 0.3) is 0 Å². The molecule has 3 atom stereocenters. The molecule has 0 spiro atoms. The van der Waals surface area contributed by atoms with E-state index >= 15 is 0 Å². The molecule has 14 nitrogen and oxygen atoms in total. The first-order chi connectivity index (χ1) is 29.5. The maximum atomic E-state index is 12.6. The Bertz CT molecular complexity index is 1060. The van der Waals surface area contributed by atoms with E-state index in [4.69, 9.17) is 52.1 Å². The third-order valence-electron chi connectivity index (χ3n) is 9.76. The van der Waals surface area contributed by atoms with Crippen molar-refractivity contribution in [1.29, 1.82) is 0 Å². The number of ether oxygens (including phenoxy) is 11. The molecule has 0 aliphatic rings. The van der Waals surface area contributed by atoms with Gasteiger partial charge in [-0.1, -0.05) is 109 Å². The highest BCUT2D eigenvalue weighted by molar-refractivity contribution is 5.81. The molecular weight excluding hydrogens is 776 g/mol. The molecule has 0 saturated carbocycles. The molecule has 0 aromatic heterocycles. The number of carbonyl (C=O) groups excluding carboxylic acids is 1. The van der Waals surface area contributed by atoms with Gasteiger partial charge in [-0.2, -0.15) is 0 Å². The van der Waals surface area contributed by atoms with Crippen molar-refractivity contribution in [3.05, 3.63) is 35.9 Å². The molecule has 0 bridgehead atoms. The van der Waals surface area contributed by atoms with Crippen LogP contribution in [0, 0.1) is 11.8 Å². The van der Waals surface area contributed by atoms with Crippen LogP contribution in [-0.4, -0.2) is 156 Å². The third kappa shape index (κ3) is 33.4. The summed E-state index contributed by atoms with van der Waals surface area (Å²) in [6.07, 6.45) is 13.9. The molecule has 0 saturated heterocycles. The fourth-order valence-electron chi connectivity index (χ4n) is 6.38. The zero-order valence-corrected chi connectivity index (χ0v) is 37.5. The van der Waals surface area contributed by atoms with E-state index in [-0.39, 0.29) is 19.1 Å². The standard InChI is InChI=1S/C46H82O14/c1-4-6-7-8-9-10-11-12-13-17-20-50-21-22-51-23-24-52-25-26-53-27-28-54-29-30-55-31-32-56-33-34-57-35-36-58-37-38-59-39-40-60-46(49)41(3)44(45(47)48)43(5-2)42-18-15-14-16-19-42/h14-16,18-19,41,43-44H,4-13,17,20-40H2,1-3H3,(H,47,48). The SMILES string of the molecule is CCCCCCCCCCCCOCCOCCOCCOCCOCCOCCOCCOCCOCCOCCOC(=O)C(C)C(C(=O)O)C(CC)c1ccccc1. The Morgan fingerprint density at radius 2 is 0.767 bits per heavy atom. The average molecular weight is 859 g/mol. The van der Waals surface area contributed by atoms with E-state index in [0.29, 0.717) is 125 Å². The topological polar surface area (TPSA) is 156 Å². The lowest BCUT2D eigenvalue weighted by atomic mass is 9.77. The predicted octanol–water partition coefficient (Wildman–Crippen LogP) is 7.15. The van der Waals surface area contributed by atoms with Crippen molar-refractivity contribution in [2.24, 2.45) is 11.8 Å². The monoisotopic (exact) mass is 859 g/mol. The number of esters is 1. The summed E-state index contributed by atoms with van der Waals surface area (Å²) in [6, 6.07) is 9.41. The fraction of sp³-hybridized carbons (Fsp3) is 0.826. The Morgan fingerprint density at radius 3 is 1.10 bits per heavy atom. The molecule has 1 N–H and O–H groups in total. The number of rotatable bonds is 47. The summed E-state index contributed by atoms with van der Waals surface area (Å²) in [6.45, 7) is 15.6. The molecule has 350 valence electrons. The van der Waals surface area contributed by atoms with Crippen molar-refractivity contribution in [1.82, 2.24) is 0 Å². The summed E-state index contributed by atoms with van der Waals surface area (Å²) < 4.78 is 60.6. The molecule has 0 aliphatic carbocycles. The Labute approximate surface area is 361 Å². The van der Waals surface area contributed by atoms with E-state index in [1.54, 1.807) is 6.92 Å². The summed E-state index contributed by atoms with van der Waals surface area (Å²) in [5.74, 6) is -3.53. The van der Waals surface area contributed by atoms with Crippen LogP contribution in [0.25, 0.3) is 0 Å². The summed E-state index contributed by atoms with van der Waals surface area (Å²) in [4.78, 5) is 24.7. The minimum Gasteiger partial charge on any atom is -0.481 e. The molecule has 14 heteroatoms. The van der Waals surface area contributed by atoms with Crippen molar-refractivity contribution in [2.45, 2.75) is 97.3 Å². The molecule has 1 aromatic rings. The third-order valence-corrected chi connectivity index (χ3v) is 9.76. The Kier molecular flexibility index (Phi) is 40.4. The van der Waals surface area contributed by atoms with Crippen LogP contribution in [-0.2, 0) is 61.7 Å². The minimum absolute atomic E-state index is 0.0419. The zero-order chi connectivity index (χ0) is 43.4. The lowest BCUT2D eigenvalue weighted by Crippen LogP contribution is -2.34. The molecule has 3 unspecified atom stereocenters. The summed E-state index contributed by atoms with van der Waals surface area (Å²) in [5.41, 5.74) is 0.897. The maximum Gasteiger partial charge on any atom is 0.309 e. The van der Waals surface area contributed by atoms with Crippen molar-refractivity contribution in [2.75, 3.05) is 139 Å². The van der Waals surface area contributed by atoms with Crippen molar-refractivity contribution >= 4 is 11.9 Å². The van der Waals surface area contributed by atoms with Gasteiger partial charge in [-0.15, -0.1) is 0 Å². The molecular formula is C46H82O14. The van der Waals surface area contributed by atoms with Crippen LogP contribution >= 0.6 is 0 Å². The smallest absolute Gasteiger partial charge is 0.309 e. The molecule has 0 radical (unpaired) electrons. The number of carbonyl (C=O) groups is 2. The average Bonchev–Trinajstić information content (AvgIpc) is 3.25. The predicted molar refractivity (Wildman–Crippen MR) is 231 cm³/mol. The van der Waals surface area contributed by atoms with E-state index in [9.17, 15) is 14.7 Å². The fourth-order valence-corrected chi connectivity index (χ4v) is 6.38. The van der Waals surface area contributed by atoms with Crippen LogP contribution in [0.4, 0.5) is 0 Å². The quantitative estimate of drug-likeness (QED) is 0.0521. The summed E-state index contributed by atoms with van der Waals surface area (Å²) in [7, 11) is 0. The molecule has 0 aliphatic heterocycles. The van der Waals surface area contributed by atoms with Crippen LogP contribution in [0.3, 0.4) is 0 Å². The largest absolute Gasteiger partial charge is 0.481 e. The minimum atomic E-state index is -1.01.